The van der Waals surface area contributed by atoms with E-state index in [1.807, 2.05) is 23.9 Å². The van der Waals surface area contributed by atoms with Crippen molar-refractivity contribution >= 4 is 27.7 Å². The molecule has 1 N–H and O–H groups in total. The number of pyridine rings is 1. The van der Waals surface area contributed by atoms with Gasteiger partial charge in [0.25, 0.3) is 0 Å². The molecule has 7 heteroatoms. The number of thioether (sulfide) groups is 1. The van der Waals surface area contributed by atoms with E-state index in [4.69, 9.17) is 4.52 Å². The second kappa shape index (κ2) is 6.02. The minimum Gasteiger partial charge on any atom is -0.339 e. The summed E-state index contributed by atoms with van der Waals surface area (Å²) in [7, 11) is 0. The summed E-state index contributed by atoms with van der Waals surface area (Å²) in [5, 5.41) is 7.45. The first kappa shape index (κ1) is 13.1. The zero-order chi connectivity index (χ0) is 13.1. The lowest BCUT2D eigenvalue weighted by molar-refractivity contribution is 0.363. The largest absolute Gasteiger partial charge is 0.339 e. The van der Waals surface area contributed by atoms with E-state index in [0.717, 1.165) is 23.2 Å². The highest BCUT2D eigenvalue weighted by Gasteiger charge is 2.18. The van der Waals surface area contributed by atoms with Crippen LogP contribution in [0.15, 0.2) is 27.3 Å². The molecule has 1 fully saturated rings. The molecule has 1 saturated heterocycles. The van der Waals surface area contributed by atoms with Gasteiger partial charge in [0, 0.05) is 41.2 Å². The van der Waals surface area contributed by atoms with Crippen molar-refractivity contribution in [1.29, 1.82) is 0 Å². The Hall–Kier alpha value is -0.920. The Morgan fingerprint density at radius 3 is 3.26 bits per heavy atom. The highest BCUT2D eigenvalue weighted by atomic mass is 79.9. The van der Waals surface area contributed by atoms with E-state index in [1.165, 1.54) is 5.75 Å². The minimum atomic E-state index is 0.416. The van der Waals surface area contributed by atoms with Gasteiger partial charge in [0.05, 0.1) is 0 Å². The molecule has 5 nitrogen and oxygen atoms in total. The lowest BCUT2D eigenvalue weighted by Crippen LogP contribution is -2.38. The van der Waals surface area contributed by atoms with Crippen molar-refractivity contribution in [3.8, 4) is 11.5 Å². The van der Waals surface area contributed by atoms with E-state index in [-0.39, 0.29) is 0 Å². The van der Waals surface area contributed by atoms with Gasteiger partial charge in [-0.3, -0.25) is 4.98 Å². The first-order valence-electron chi connectivity index (χ1n) is 6.07. The van der Waals surface area contributed by atoms with Crippen LogP contribution in [0.25, 0.3) is 11.5 Å². The van der Waals surface area contributed by atoms with Gasteiger partial charge in [0.15, 0.2) is 0 Å². The molecular weight excluding hydrogens is 328 g/mol. The Kier molecular flexibility index (Phi) is 4.15. The number of hydrogen-bond donors (Lipinski definition) is 1. The molecule has 0 saturated carbocycles. The standard InChI is InChI=1S/C12H13BrN4OS/c13-9-2-1-3-15-11(9)12-16-10(18-17-12)6-8-7-19-5-4-14-8/h1-3,8,14H,4-7H2. The van der Waals surface area contributed by atoms with Gasteiger partial charge in [-0.1, -0.05) is 5.16 Å². The second-order valence-corrected chi connectivity index (χ2v) is 6.28. The van der Waals surface area contributed by atoms with Crippen molar-refractivity contribution in [2.45, 2.75) is 12.5 Å². The minimum absolute atomic E-state index is 0.416. The molecule has 3 rings (SSSR count). The highest BCUT2D eigenvalue weighted by molar-refractivity contribution is 9.10. The molecule has 100 valence electrons. The van der Waals surface area contributed by atoms with Crippen LogP contribution in [0, 0.1) is 0 Å². The maximum atomic E-state index is 5.31. The fourth-order valence-corrected chi connectivity index (χ4v) is 3.33. The summed E-state index contributed by atoms with van der Waals surface area (Å²) in [5.41, 5.74) is 0.712. The van der Waals surface area contributed by atoms with E-state index < -0.39 is 0 Å². The van der Waals surface area contributed by atoms with E-state index >= 15 is 0 Å². The van der Waals surface area contributed by atoms with Gasteiger partial charge in [-0.25, -0.2) is 0 Å². The maximum absolute atomic E-state index is 5.31. The smallest absolute Gasteiger partial charge is 0.228 e. The molecular formula is C12H13BrN4OS. The molecule has 1 unspecified atom stereocenters. The van der Waals surface area contributed by atoms with Crippen molar-refractivity contribution in [1.82, 2.24) is 20.4 Å². The highest BCUT2D eigenvalue weighted by Crippen LogP contribution is 2.23. The summed E-state index contributed by atoms with van der Waals surface area (Å²) in [6, 6.07) is 4.19. The molecule has 3 heterocycles. The van der Waals surface area contributed by atoms with Crippen LogP contribution < -0.4 is 5.32 Å². The monoisotopic (exact) mass is 340 g/mol. The van der Waals surface area contributed by atoms with E-state index in [0.29, 0.717) is 23.5 Å². The van der Waals surface area contributed by atoms with Crippen LogP contribution in [0.1, 0.15) is 5.89 Å². The zero-order valence-electron chi connectivity index (χ0n) is 10.2. The number of nitrogens with one attached hydrogen (secondary N) is 1. The fraction of sp³-hybridized carbons (Fsp3) is 0.417. The Bertz CT molecular complexity index is 556. The maximum Gasteiger partial charge on any atom is 0.228 e. The molecule has 0 aliphatic carbocycles. The number of hydrogen-bond acceptors (Lipinski definition) is 6. The number of aromatic nitrogens is 3. The zero-order valence-corrected chi connectivity index (χ0v) is 12.6. The van der Waals surface area contributed by atoms with Crippen molar-refractivity contribution < 1.29 is 4.52 Å². The molecule has 0 spiro atoms. The Balaban J connectivity index is 1.74. The van der Waals surface area contributed by atoms with Crippen LogP contribution in [0.5, 0.6) is 0 Å². The molecule has 0 bridgehead atoms. The average molecular weight is 341 g/mol. The number of rotatable bonds is 3. The normalized spacial score (nSPS) is 19.5. The molecule has 0 radical (unpaired) electrons. The molecule has 1 aliphatic rings. The summed E-state index contributed by atoms with van der Waals surface area (Å²) in [5.74, 6) is 3.45. The molecule has 0 amide bonds. The van der Waals surface area contributed by atoms with Crippen LogP contribution >= 0.6 is 27.7 Å². The SMILES string of the molecule is Brc1cccnc1-c1noc(CC2CSCCN2)n1. The van der Waals surface area contributed by atoms with Crippen molar-refractivity contribution in [3.05, 3.63) is 28.7 Å². The van der Waals surface area contributed by atoms with Gasteiger partial charge in [0.1, 0.15) is 5.69 Å². The van der Waals surface area contributed by atoms with Gasteiger partial charge in [-0.05, 0) is 28.1 Å². The predicted molar refractivity (Wildman–Crippen MR) is 78.0 cm³/mol. The summed E-state index contributed by atoms with van der Waals surface area (Å²) in [6.07, 6.45) is 2.49. The van der Waals surface area contributed by atoms with E-state index in [1.54, 1.807) is 6.20 Å². The van der Waals surface area contributed by atoms with Crippen LogP contribution in [0.4, 0.5) is 0 Å². The Morgan fingerprint density at radius 1 is 1.53 bits per heavy atom. The van der Waals surface area contributed by atoms with Crippen LogP contribution in [0.2, 0.25) is 0 Å². The first-order valence-corrected chi connectivity index (χ1v) is 8.02. The van der Waals surface area contributed by atoms with E-state index in [9.17, 15) is 0 Å². The van der Waals surface area contributed by atoms with Crippen molar-refractivity contribution in [2.24, 2.45) is 0 Å². The third-order valence-electron chi connectivity index (χ3n) is 2.86. The van der Waals surface area contributed by atoms with Crippen LogP contribution in [-0.2, 0) is 6.42 Å². The number of nitrogens with zero attached hydrogens (tertiary/aromatic N) is 3. The van der Waals surface area contributed by atoms with Gasteiger partial charge in [0.2, 0.25) is 11.7 Å². The molecule has 2 aromatic heterocycles. The average Bonchev–Trinajstić information content (AvgIpc) is 2.89. The fourth-order valence-electron chi connectivity index (χ4n) is 1.95. The molecule has 2 aromatic rings. The molecule has 19 heavy (non-hydrogen) atoms. The Labute approximate surface area is 123 Å². The summed E-state index contributed by atoms with van der Waals surface area (Å²) in [4.78, 5) is 8.67. The summed E-state index contributed by atoms with van der Waals surface area (Å²) < 4.78 is 6.17. The second-order valence-electron chi connectivity index (χ2n) is 4.28. The van der Waals surface area contributed by atoms with Crippen LogP contribution in [0.3, 0.4) is 0 Å². The molecule has 1 aliphatic heterocycles. The van der Waals surface area contributed by atoms with Gasteiger partial charge in [-0.15, -0.1) is 0 Å². The molecule has 0 aromatic carbocycles. The van der Waals surface area contributed by atoms with Crippen molar-refractivity contribution in [2.75, 3.05) is 18.1 Å². The Morgan fingerprint density at radius 2 is 2.47 bits per heavy atom. The first-order chi connectivity index (χ1) is 9.33. The third-order valence-corrected chi connectivity index (χ3v) is 4.63. The van der Waals surface area contributed by atoms with E-state index in [2.05, 4.69) is 36.4 Å². The van der Waals surface area contributed by atoms with Gasteiger partial charge in [-0.2, -0.15) is 16.7 Å². The summed E-state index contributed by atoms with van der Waals surface area (Å²) in [6.45, 7) is 1.04. The third kappa shape index (κ3) is 3.16. The quantitative estimate of drug-likeness (QED) is 0.923. The van der Waals surface area contributed by atoms with Crippen molar-refractivity contribution in [3.63, 3.8) is 0 Å². The topological polar surface area (TPSA) is 63.8 Å². The number of halogens is 1. The molecule has 1 atom stereocenters. The lowest BCUT2D eigenvalue weighted by Gasteiger charge is -2.21. The lowest BCUT2D eigenvalue weighted by atomic mass is 10.2. The predicted octanol–water partition coefficient (Wildman–Crippen LogP) is 2.14. The summed E-state index contributed by atoms with van der Waals surface area (Å²) >= 11 is 5.40. The van der Waals surface area contributed by atoms with Crippen LogP contribution in [-0.4, -0.2) is 39.2 Å². The van der Waals surface area contributed by atoms with Gasteiger partial charge < -0.3 is 9.84 Å². The van der Waals surface area contributed by atoms with Gasteiger partial charge >= 0.3 is 0 Å².